The molecule has 3 heterocycles. The van der Waals surface area contributed by atoms with E-state index < -0.39 is 0 Å². The maximum atomic E-state index is 12.7. The molecular formula is C19H27N5O. The van der Waals surface area contributed by atoms with Crippen molar-refractivity contribution in [3.05, 3.63) is 23.9 Å². The maximum absolute atomic E-state index is 12.7. The first-order valence-corrected chi connectivity index (χ1v) is 9.20. The molecule has 134 valence electrons. The topological polar surface area (TPSA) is 72.3 Å². The van der Waals surface area contributed by atoms with Crippen LogP contribution in [0.1, 0.15) is 38.8 Å². The Morgan fingerprint density at radius 1 is 1.48 bits per heavy atom. The van der Waals surface area contributed by atoms with Gasteiger partial charge in [-0.3, -0.25) is 4.79 Å². The quantitative estimate of drug-likeness (QED) is 0.849. The predicted molar refractivity (Wildman–Crippen MR) is 96.8 cm³/mol. The van der Waals surface area contributed by atoms with Gasteiger partial charge < -0.3 is 15.1 Å². The summed E-state index contributed by atoms with van der Waals surface area (Å²) in [4.78, 5) is 21.3. The van der Waals surface area contributed by atoms with Gasteiger partial charge in [-0.1, -0.05) is 13.0 Å². The van der Waals surface area contributed by atoms with Crippen LogP contribution in [0.4, 0.5) is 5.82 Å². The zero-order chi connectivity index (χ0) is 18.0. The van der Waals surface area contributed by atoms with Gasteiger partial charge in [-0.25, -0.2) is 4.98 Å². The third kappa shape index (κ3) is 3.55. The van der Waals surface area contributed by atoms with E-state index in [0.29, 0.717) is 6.54 Å². The normalized spacial score (nSPS) is 28.9. The highest BCUT2D eigenvalue weighted by Crippen LogP contribution is 2.27. The Morgan fingerprint density at radius 3 is 2.96 bits per heavy atom. The van der Waals surface area contributed by atoms with Crippen LogP contribution in [0.3, 0.4) is 0 Å². The molecule has 4 atom stereocenters. The van der Waals surface area contributed by atoms with E-state index in [1.165, 1.54) is 0 Å². The van der Waals surface area contributed by atoms with Gasteiger partial charge in [-0.2, -0.15) is 5.26 Å². The first-order chi connectivity index (χ1) is 12.0. The molecule has 3 rings (SSSR count). The minimum absolute atomic E-state index is 0.00809. The number of amides is 1. The molecule has 6 nitrogen and oxygen atoms in total. The van der Waals surface area contributed by atoms with Crippen molar-refractivity contribution >= 4 is 11.7 Å². The van der Waals surface area contributed by atoms with E-state index in [2.05, 4.69) is 35.2 Å². The first kappa shape index (κ1) is 17.5. The lowest BCUT2D eigenvalue weighted by Crippen LogP contribution is -2.46. The van der Waals surface area contributed by atoms with E-state index in [1.807, 2.05) is 30.0 Å². The van der Waals surface area contributed by atoms with Crippen molar-refractivity contribution in [2.45, 2.75) is 58.2 Å². The Morgan fingerprint density at radius 2 is 2.28 bits per heavy atom. The fourth-order valence-corrected chi connectivity index (χ4v) is 4.16. The van der Waals surface area contributed by atoms with Gasteiger partial charge in [0.2, 0.25) is 5.91 Å². The van der Waals surface area contributed by atoms with Crippen LogP contribution in [-0.4, -0.2) is 47.0 Å². The van der Waals surface area contributed by atoms with Crippen LogP contribution in [0.15, 0.2) is 18.2 Å². The average molecular weight is 341 g/mol. The number of anilines is 1. The highest BCUT2D eigenvalue weighted by molar-refractivity contribution is 5.80. The molecule has 0 aromatic carbocycles. The number of carbonyl (C=O) groups excluding carboxylic acids is 1. The molecular weight excluding hydrogens is 314 g/mol. The van der Waals surface area contributed by atoms with Gasteiger partial charge in [0.15, 0.2) is 6.19 Å². The van der Waals surface area contributed by atoms with Gasteiger partial charge in [0.05, 0.1) is 18.0 Å². The molecule has 1 aromatic heterocycles. The predicted octanol–water partition coefficient (Wildman–Crippen LogP) is 2.05. The summed E-state index contributed by atoms with van der Waals surface area (Å²) >= 11 is 0. The third-order valence-electron chi connectivity index (χ3n) is 5.51. The summed E-state index contributed by atoms with van der Waals surface area (Å²) in [5.74, 6) is 1.06. The standard InChI is InChI=1S/C19H27N5O/c1-4-17-16(10-14(3)24(17)12-20)22-19(25)15-8-9-23(11-15)18-7-5-6-13(2)21-18/h5-7,14-17H,4,8-11H2,1-3H3,(H,22,25)/t14-,15-,16+,17+/m0/s1. The summed E-state index contributed by atoms with van der Waals surface area (Å²) in [6.07, 6.45) is 4.85. The van der Waals surface area contributed by atoms with Gasteiger partial charge in [0.1, 0.15) is 5.82 Å². The summed E-state index contributed by atoms with van der Waals surface area (Å²) in [6, 6.07) is 6.36. The summed E-state index contributed by atoms with van der Waals surface area (Å²) in [7, 11) is 0. The number of nitriles is 1. The van der Waals surface area contributed by atoms with Crippen LogP contribution in [0.25, 0.3) is 0 Å². The van der Waals surface area contributed by atoms with Crippen molar-refractivity contribution < 1.29 is 4.79 Å². The molecule has 2 saturated heterocycles. The molecule has 6 heteroatoms. The van der Waals surface area contributed by atoms with E-state index in [1.54, 1.807) is 0 Å². The van der Waals surface area contributed by atoms with Crippen LogP contribution in [0.5, 0.6) is 0 Å². The number of hydrogen-bond donors (Lipinski definition) is 1. The zero-order valence-electron chi connectivity index (χ0n) is 15.3. The van der Waals surface area contributed by atoms with Crippen molar-refractivity contribution in [3.63, 3.8) is 0 Å². The van der Waals surface area contributed by atoms with Gasteiger partial charge in [-0.15, -0.1) is 0 Å². The molecule has 1 aromatic rings. The first-order valence-electron chi connectivity index (χ1n) is 9.20. The molecule has 0 aliphatic carbocycles. The Kier molecular flexibility index (Phi) is 5.12. The summed E-state index contributed by atoms with van der Waals surface area (Å²) in [5, 5.41) is 12.6. The third-order valence-corrected chi connectivity index (χ3v) is 5.51. The SMILES string of the molecule is CC[C@@H]1[C@H](NC(=O)[C@H]2CCN(c3cccc(C)n3)C2)C[C@H](C)N1C#N. The van der Waals surface area contributed by atoms with Gasteiger partial charge >= 0.3 is 0 Å². The van der Waals surface area contributed by atoms with E-state index in [-0.39, 0.29) is 30.0 Å². The van der Waals surface area contributed by atoms with E-state index >= 15 is 0 Å². The minimum Gasteiger partial charge on any atom is -0.356 e. The fourth-order valence-electron chi connectivity index (χ4n) is 4.16. The zero-order valence-corrected chi connectivity index (χ0v) is 15.3. The Balaban J connectivity index is 1.60. The van der Waals surface area contributed by atoms with E-state index in [0.717, 1.165) is 37.3 Å². The molecule has 2 aliphatic rings. The smallest absolute Gasteiger partial charge is 0.225 e. The molecule has 0 bridgehead atoms. The number of hydrogen-bond acceptors (Lipinski definition) is 5. The fraction of sp³-hybridized carbons (Fsp3) is 0.632. The number of nitrogens with one attached hydrogen (secondary N) is 1. The van der Waals surface area contributed by atoms with Crippen molar-refractivity contribution in [1.82, 2.24) is 15.2 Å². The molecule has 0 saturated carbocycles. The molecule has 25 heavy (non-hydrogen) atoms. The highest BCUT2D eigenvalue weighted by Gasteiger charge is 2.40. The second-order valence-electron chi connectivity index (χ2n) is 7.25. The summed E-state index contributed by atoms with van der Waals surface area (Å²) in [6.45, 7) is 7.68. The van der Waals surface area contributed by atoms with Crippen LogP contribution < -0.4 is 10.2 Å². The van der Waals surface area contributed by atoms with E-state index in [9.17, 15) is 10.1 Å². The van der Waals surface area contributed by atoms with Gasteiger partial charge in [0.25, 0.3) is 0 Å². The Hall–Kier alpha value is -2.29. The van der Waals surface area contributed by atoms with Crippen molar-refractivity contribution in [3.8, 4) is 6.19 Å². The Labute approximate surface area is 149 Å². The van der Waals surface area contributed by atoms with Crippen molar-refractivity contribution in [1.29, 1.82) is 5.26 Å². The number of aromatic nitrogens is 1. The van der Waals surface area contributed by atoms with Crippen LogP contribution >= 0.6 is 0 Å². The lowest BCUT2D eigenvalue weighted by atomic mass is 10.0. The number of pyridine rings is 1. The summed E-state index contributed by atoms with van der Waals surface area (Å²) < 4.78 is 0. The molecule has 2 aliphatic heterocycles. The lowest BCUT2D eigenvalue weighted by Gasteiger charge is -2.25. The average Bonchev–Trinajstić information content (AvgIpc) is 3.19. The molecule has 1 amide bonds. The molecule has 0 unspecified atom stereocenters. The molecule has 0 radical (unpaired) electrons. The second kappa shape index (κ2) is 7.30. The molecule has 2 fully saturated rings. The number of carbonyl (C=O) groups is 1. The Bertz CT molecular complexity index is 670. The molecule has 1 N–H and O–H groups in total. The number of aryl methyl sites for hydroxylation is 1. The van der Waals surface area contributed by atoms with Gasteiger partial charge in [-0.05, 0) is 45.2 Å². The van der Waals surface area contributed by atoms with Crippen molar-refractivity contribution in [2.75, 3.05) is 18.0 Å². The van der Waals surface area contributed by atoms with Crippen LogP contribution in [0, 0.1) is 24.3 Å². The number of nitrogens with zero attached hydrogens (tertiary/aromatic N) is 4. The number of rotatable bonds is 4. The van der Waals surface area contributed by atoms with Crippen LogP contribution in [0.2, 0.25) is 0 Å². The highest BCUT2D eigenvalue weighted by atomic mass is 16.2. The second-order valence-corrected chi connectivity index (χ2v) is 7.25. The van der Waals surface area contributed by atoms with Gasteiger partial charge in [0, 0.05) is 24.8 Å². The summed E-state index contributed by atoms with van der Waals surface area (Å²) in [5.41, 5.74) is 0.993. The molecule has 0 spiro atoms. The number of likely N-dealkylation sites (tertiary alicyclic amines) is 1. The maximum Gasteiger partial charge on any atom is 0.225 e. The van der Waals surface area contributed by atoms with Crippen molar-refractivity contribution in [2.24, 2.45) is 5.92 Å². The lowest BCUT2D eigenvalue weighted by molar-refractivity contribution is -0.125. The van der Waals surface area contributed by atoms with E-state index in [4.69, 9.17) is 0 Å². The monoisotopic (exact) mass is 341 g/mol. The minimum atomic E-state index is -0.00809. The largest absolute Gasteiger partial charge is 0.356 e. The van der Waals surface area contributed by atoms with Crippen LogP contribution in [-0.2, 0) is 4.79 Å².